The molecule has 0 spiro atoms. The minimum absolute atomic E-state index is 0.138. The van der Waals surface area contributed by atoms with Crippen LogP contribution >= 0.6 is 0 Å². The summed E-state index contributed by atoms with van der Waals surface area (Å²) in [6.45, 7) is 2.67. The maximum Gasteiger partial charge on any atom is 0.417 e. The van der Waals surface area contributed by atoms with Crippen molar-refractivity contribution in [2.45, 2.75) is 12.8 Å². The number of aromatic nitrogens is 1. The highest BCUT2D eigenvalue weighted by atomic mass is 16.4. The number of oxazole rings is 1. The predicted octanol–water partition coefficient (Wildman–Crippen LogP) is 2.77. The van der Waals surface area contributed by atoms with Crippen LogP contribution in [0, 0.1) is 5.92 Å². The lowest BCUT2D eigenvalue weighted by molar-refractivity contribution is 0.0945. The van der Waals surface area contributed by atoms with Crippen molar-refractivity contribution in [3.8, 4) is 0 Å². The Kier molecular flexibility index (Phi) is 4.48. The molecule has 134 valence electrons. The summed E-state index contributed by atoms with van der Waals surface area (Å²) >= 11 is 0. The van der Waals surface area contributed by atoms with Crippen LogP contribution in [-0.2, 0) is 0 Å². The monoisotopic (exact) mass is 351 g/mol. The van der Waals surface area contributed by atoms with Crippen LogP contribution in [0.5, 0.6) is 0 Å². The van der Waals surface area contributed by atoms with E-state index in [-0.39, 0.29) is 5.91 Å². The molecule has 2 N–H and O–H groups in total. The van der Waals surface area contributed by atoms with Crippen LogP contribution < -0.4 is 16.0 Å². The number of rotatable bonds is 4. The van der Waals surface area contributed by atoms with Crippen molar-refractivity contribution in [1.82, 2.24) is 10.3 Å². The van der Waals surface area contributed by atoms with E-state index in [1.807, 2.05) is 6.07 Å². The first kappa shape index (κ1) is 16.4. The quantitative estimate of drug-likeness (QED) is 0.758. The fourth-order valence-corrected chi connectivity index (χ4v) is 3.46. The lowest BCUT2D eigenvalue weighted by Crippen LogP contribution is -2.38. The second-order valence-corrected chi connectivity index (χ2v) is 6.70. The summed E-state index contributed by atoms with van der Waals surface area (Å²) in [7, 11) is 0. The van der Waals surface area contributed by atoms with Crippen molar-refractivity contribution in [1.29, 1.82) is 0 Å². The van der Waals surface area contributed by atoms with Gasteiger partial charge in [0.15, 0.2) is 5.58 Å². The number of benzene rings is 2. The molecule has 0 unspecified atom stereocenters. The standard InChI is InChI=1S/C20H21N3O3/c24-19(15-6-7-17-18(12-15)26-20(25)22-17)21-13-14-8-10-23(11-9-14)16-4-2-1-3-5-16/h1-7,12,14H,8-11,13H2,(H,21,24)(H,22,25). The van der Waals surface area contributed by atoms with Gasteiger partial charge < -0.3 is 14.6 Å². The number of fused-ring (bicyclic) bond motifs is 1. The van der Waals surface area contributed by atoms with Gasteiger partial charge >= 0.3 is 5.76 Å². The van der Waals surface area contributed by atoms with Crippen LogP contribution in [0.15, 0.2) is 57.7 Å². The molecule has 6 nitrogen and oxygen atoms in total. The van der Waals surface area contributed by atoms with Crippen molar-refractivity contribution in [3.05, 3.63) is 64.6 Å². The number of amides is 1. The molecule has 0 saturated carbocycles. The highest BCUT2D eigenvalue weighted by Gasteiger charge is 2.20. The smallest absolute Gasteiger partial charge is 0.408 e. The SMILES string of the molecule is O=C(NCC1CCN(c2ccccc2)CC1)c1ccc2[nH]c(=O)oc2c1. The van der Waals surface area contributed by atoms with Crippen molar-refractivity contribution < 1.29 is 9.21 Å². The van der Waals surface area contributed by atoms with Crippen molar-refractivity contribution in [3.63, 3.8) is 0 Å². The highest BCUT2D eigenvalue weighted by Crippen LogP contribution is 2.22. The molecule has 3 aromatic rings. The Morgan fingerprint density at radius 3 is 2.69 bits per heavy atom. The Morgan fingerprint density at radius 1 is 1.15 bits per heavy atom. The molecular formula is C20H21N3O3. The molecule has 0 radical (unpaired) electrons. The molecule has 1 saturated heterocycles. The molecule has 4 rings (SSSR count). The van der Waals surface area contributed by atoms with Gasteiger partial charge in [0.25, 0.3) is 5.91 Å². The van der Waals surface area contributed by atoms with Gasteiger partial charge in [-0.05, 0) is 49.1 Å². The fraction of sp³-hybridized carbons (Fsp3) is 0.300. The molecule has 6 heteroatoms. The molecular weight excluding hydrogens is 330 g/mol. The Hall–Kier alpha value is -3.02. The summed E-state index contributed by atoms with van der Waals surface area (Å²) < 4.78 is 5.01. The number of nitrogens with zero attached hydrogens (tertiary/aromatic N) is 1. The summed E-state index contributed by atoms with van der Waals surface area (Å²) in [4.78, 5) is 28.5. The normalized spacial score (nSPS) is 15.3. The van der Waals surface area contributed by atoms with E-state index in [4.69, 9.17) is 4.42 Å². The molecule has 1 aliphatic rings. The molecule has 1 aliphatic heterocycles. The molecule has 1 aromatic heterocycles. The van der Waals surface area contributed by atoms with Crippen LogP contribution in [-0.4, -0.2) is 30.5 Å². The third kappa shape index (κ3) is 3.49. The van der Waals surface area contributed by atoms with Crippen molar-refractivity contribution >= 4 is 22.7 Å². The number of carbonyl (C=O) groups excluding carboxylic acids is 1. The molecule has 26 heavy (non-hydrogen) atoms. The second kappa shape index (κ2) is 7.07. The van der Waals surface area contributed by atoms with E-state index < -0.39 is 5.76 Å². The van der Waals surface area contributed by atoms with Gasteiger partial charge in [-0.15, -0.1) is 0 Å². The van der Waals surface area contributed by atoms with Gasteiger partial charge in [-0.1, -0.05) is 18.2 Å². The maximum atomic E-state index is 12.4. The molecule has 0 atom stereocenters. The first-order chi connectivity index (χ1) is 12.7. The van der Waals surface area contributed by atoms with Gasteiger partial charge in [-0.3, -0.25) is 9.78 Å². The highest BCUT2D eigenvalue weighted by molar-refractivity contribution is 5.96. The minimum Gasteiger partial charge on any atom is -0.408 e. The van der Waals surface area contributed by atoms with Gasteiger partial charge in [0.05, 0.1) is 5.52 Å². The van der Waals surface area contributed by atoms with Crippen LogP contribution in [0.1, 0.15) is 23.2 Å². The van der Waals surface area contributed by atoms with E-state index in [1.54, 1.807) is 18.2 Å². The maximum absolute atomic E-state index is 12.4. The Morgan fingerprint density at radius 2 is 1.92 bits per heavy atom. The summed E-state index contributed by atoms with van der Waals surface area (Å²) in [5.74, 6) is -0.170. The lowest BCUT2D eigenvalue weighted by Gasteiger charge is -2.33. The van der Waals surface area contributed by atoms with Crippen LogP contribution in [0.2, 0.25) is 0 Å². The average molecular weight is 351 g/mol. The molecule has 1 amide bonds. The van der Waals surface area contributed by atoms with E-state index in [0.29, 0.717) is 29.1 Å². The van der Waals surface area contributed by atoms with E-state index >= 15 is 0 Å². The van der Waals surface area contributed by atoms with E-state index in [9.17, 15) is 9.59 Å². The number of anilines is 1. The Balaban J connectivity index is 1.31. The molecule has 1 fully saturated rings. The summed E-state index contributed by atoms with van der Waals surface area (Å²) in [6, 6.07) is 15.4. The minimum atomic E-state index is -0.511. The molecule has 2 aromatic carbocycles. The third-order valence-electron chi connectivity index (χ3n) is 4.97. The third-order valence-corrected chi connectivity index (χ3v) is 4.97. The number of hydrogen-bond donors (Lipinski definition) is 2. The largest absolute Gasteiger partial charge is 0.417 e. The van der Waals surface area contributed by atoms with E-state index in [2.05, 4.69) is 39.5 Å². The van der Waals surface area contributed by atoms with E-state index in [0.717, 1.165) is 25.9 Å². The average Bonchev–Trinajstić information content (AvgIpc) is 3.06. The van der Waals surface area contributed by atoms with Crippen LogP contribution in [0.3, 0.4) is 0 Å². The number of hydrogen-bond acceptors (Lipinski definition) is 4. The van der Waals surface area contributed by atoms with Crippen molar-refractivity contribution in [2.75, 3.05) is 24.5 Å². The number of carbonyl (C=O) groups is 1. The lowest BCUT2D eigenvalue weighted by atomic mass is 9.96. The fourth-order valence-electron chi connectivity index (χ4n) is 3.46. The second-order valence-electron chi connectivity index (χ2n) is 6.70. The van der Waals surface area contributed by atoms with Gasteiger partial charge in [0.2, 0.25) is 0 Å². The topological polar surface area (TPSA) is 78.3 Å². The summed E-state index contributed by atoms with van der Waals surface area (Å²) in [5, 5.41) is 3.01. The zero-order chi connectivity index (χ0) is 17.9. The van der Waals surface area contributed by atoms with Gasteiger partial charge in [-0.25, -0.2) is 4.79 Å². The zero-order valence-corrected chi connectivity index (χ0v) is 14.4. The first-order valence-electron chi connectivity index (χ1n) is 8.90. The molecule has 0 bridgehead atoms. The van der Waals surface area contributed by atoms with Crippen LogP contribution in [0.4, 0.5) is 5.69 Å². The van der Waals surface area contributed by atoms with Gasteiger partial charge in [0, 0.05) is 30.9 Å². The number of H-pyrrole nitrogens is 1. The Bertz CT molecular complexity index is 953. The zero-order valence-electron chi connectivity index (χ0n) is 14.4. The van der Waals surface area contributed by atoms with E-state index in [1.165, 1.54) is 5.69 Å². The Labute approximate surface area is 150 Å². The molecule has 0 aliphatic carbocycles. The van der Waals surface area contributed by atoms with Crippen molar-refractivity contribution in [2.24, 2.45) is 5.92 Å². The predicted molar refractivity (Wildman–Crippen MR) is 101 cm³/mol. The number of aromatic amines is 1. The number of nitrogens with one attached hydrogen (secondary N) is 2. The summed E-state index contributed by atoms with van der Waals surface area (Å²) in [5.41, 5.74) is 2.76. The van der Waals surface area contributed by atoms with Crippen LogP contribution in [0.25, 0.3) is 11.1 Å². The van der Waals surface area contributed by atoms with Gasteiger partial charge in [-0.2, -0.15) is 0 Å². The first-order valence-corrected chi connectivity index (χ1v) is 8.90. The molecule has 2 heterocycles. The number of piperidine rings is 1. The number of para-hydroxylation sites is 1. The van der Waals surface area contributed by atoms with Gasteiger partial charge in [0.1, 0.15) is 0 Å². The summed E-state index contributed by atoms with van der Waals surface area (Å²) in [6.07, 6.45) is 2.11.